The third kappa shape index (κ3) is 29.8. The zero-order valence-electron chi connectivity index (χ0n) is 50.0. The standard InChI is InChI=1S/C69H110O6P2/c1-7-11-15-19-23-25-27-31-35-43-59-70-76(74-67-49-41-39-47-61(67)45-37-33-29-21-17-13-9-3)72-65-55-51-63(52-56-65)69(5,6)64-53-57-66(58-54-64)73-77(71-60-44-36-32-28-26-24-20-16-12-8-2)75-68-50-42-40-48-62(68)46-38-34-30-22-18-14-10-4/h39-42,47-58H,7-38,43-46,59-60H2,1-6H3. The minimum atomic E-state index is -1.66. The highest BCUT2D eigenvalue weighted by atomic mass is 31.2. The van der Waals surface area contributed by atoms with Gasteiger partial charge in [0.15, 0.2) is 0 Å². The van der Waals surface area contributed by atoms with Gasteiger partial charge in [-0.1, -0.05) is 295 Å². The van der Waals surface area contributed by atoms with Gasteiger partial charge in [-0.25, -0.2) is 0 Å². The van der Waals surface area contributed by atoms with Gasteiger partial charge in [-0.05, 0) is 97.2 Å². The molecule has 0 spiro atoms. The molecule has 0 aliphatic heterocycles. The Morgan fingerprint density at radius 3 is 0.883 bits per heavy atom. The van der Waals surface area contributed by atoms with Gasteiger partial charge in [0.25, 0.3) is 0 Å². The average Bonchev–Trinajstić information content (AvgIpc) is 3.44. The maximum Gasteiger partial charge on any atom is 0.463 e. The molecule has 6 nitrogen and oxygen atoms in total. The van der Waals surface area contributed by atoms with E-state index >= 15 is 0 Å². The van der Waals surface area contributed by atoms with E-state index in [4.69, 9.17) is 27.1 Å². The number of rotatable bonds is 50. The Kier molecular flexibility index (Phi) is 37.6. The Hall–Kier alpha value is -3.14. The second-order valence-corrected chi connectivity index (χ2v) is 24.6. The summed E-state index contributed by atoms with van der Waals surface area (Å²) in [4.78, 5) is 0. The highest BCUT2D eigenvalue weighted by molar-refractivity contribution is 7.42. The molecule has 0 N–H and O–H groups in total. The van der Waals surface area contributed by atoms with Crippen molar-refractivity contribution < 1.29 is 27.1 Å². The summed E-state index contributed by atoms with van der Waals surface area (Å²) in [7, 11) is -3.31. The maximum atomic E-state index is 6.68. The lowest BCUT2D eigenvalue weighted by Gasteiger charge is -2.27. The first kappa shape index (κ1) is 66.4. The molecular formula is C69H110O6P2. The summed E-state index contributed by atoms with van der Waals surface area (Å²) in [6.45, 7) is 14.9. The van der Waals surface area contributed by atoms with Gasteiger partial charge >= 0.3 is 17.2 Å². The van der Waals surface area contributed by atoms with Gasteiger partial charge in [0.2, 0.25) is 0 Å². The first-order valence-electron chi connectivity index (χ1n) is 31.8. The van der Waals surface area contributed by atoms with Crippen LogP contribution in [-0.4, -0.2) is 13.2 Å². The highest BCUT2D eigenvalue weighted by Gasteiger charge is 2.26. The minimum Gasteiger partial charge on any atom is -0.418 e. The van der Waals surface area contributed by atoms with Crippen molar-refractivity contribution in [1.29, 1.82) is 0 Å². The minimum absolute atomic E-state index is 0.276. The van der Waals surface area contributed by atoms with Crippen LogP contribution >= 0.6 is 17.2 Å². The Balaban J connectivity index is 1.39. The monoisotopic (exact) mass is 1100 g/mol. The number of para-hydroxylation sites is 2. The largest absolute Gasteiger partial charge is 0.463 e. The fourth-order valence-electron chi connectivity index (χ4n) is 10.1. The van der Waals surface area contributed by atoms with Crippen LogP contribution in [0.4, 0.5) is 0 Å². The Morgan fingerprint density at radius 1 is 0.299 bits per heavy atom. The fraction of sp³-hybridized carbons (Fsp3) is 0.652. The van der Waals surface area contributed by atoms with E-state index in [1.165, 1.54) is 215 Å². The molecule has 4 rings (SSSR count). The van der Waals surface area contributed by atoms with E-state index in [1.807, 2.05) is 0 Å². The van der Waals surface area contributed by atoms with E-state index in [0.717, 1.165) is 61.5 Å². The van der Waals surface area contributed by atoms with Crippen LogP contribution in [0, 0.1) is 0 Å². The molecule has 0 radical (unpaired) electrons. The number of unbranched alkanes of at least 4 members (excludes halogenated alkanes) is 30. The van der Waals surface area contributed by atoms with Gasteiger partial charge < -0.3 is 18.1 Å². The molecule has 0 saturated carbocycles. The van der Waals surface area contributed by atoms with Gasteiger partial charge in [-0.2, -0.15) is 0 Å². The van der Waals surface area contributed by atoms with Gasteiger partial charge in [0.1, 0.15) is 23.0 Å². The summed E-state index contributed by atoms with van der Waals surface area (Å²) in [5.74, 6) is 3.26. The maximum absolute atomic E-state index is 6.68. The zero-order valence-corrected chi connectivity index (χ0v) is 51.7. The second kappa shape index (κ2) is 43.6. The predicted molar refractivity (Wildman–Crippen MR) is 333 cm³/mol. The number of aryl methyl sites for hydroxylation is 2. The summed E-state index contributed by atoms with van der Waals surface area (Å²) in [5.41, 5.74) is 4.57. The van der Waals surface area contributed by atoms with Crippen molar-refractivity contribution in [3.8, 4) is 23.0 Å². The van der Waals surface area contributed by atoms with Crippen LogP contribution in [0.5, 0.6) is 23.0 Å². The second-order valence-electron chi connectivity index (χ2n) is 22.5. The van der Waals surface area contributed by atoms with E-state index in [9.17, 15) is 0 Å². The van der Waals surface area contributed by atoms with Crippen molar-refractivity contribution in [2.45, 2.75) is 278 Å². The van der Waals surface area contributed by atoms with E-state index in [-0.39, 0.29) is 5.41 Å². The molecule has 0 aliphatic carbocycles. The Bertz CT molecular complexity index is 1850. The predicted octanol–water partition coefficient (Wildman–Crippen LogP) is 23.8. The number of hydrogen-bond acceptors (Lipinski definition) is 6. The summed E-state index contributed by atoms with van der Waals surface area (Å²) < 4.78 is 39.6. The summed E-state index contributed by atoms with van der Waals surface area (Å²) in [6.07, 6.45) is 45.7. The molecule has 77 heavy (non-hydrogen) atoms. The zero-order chi connectivity index (χ0) is 54.7. The van der Waals surface area contributed by atoms with E-state index in [1.54, 1.807) is 0 Å². The van der Waals surface area contributed by atoms with Crippen LogP contribution in [0.1, 0.15) is 282 Å². The number of benzene rings is 4. The van der Waals surface area contributed by atoms with Crippen molar-refractivity contribution in [2.75, 3.05) is 13.2 Å². The molecular weight excluding hydrogens is 987 g/mol. The number of hydrogen-bond donors (Lipinski definition) is 0. The van der Waals surface area contributed by atoms with E-state index in [0.29, 0.717) is 13.2 Å². The van der Waals surface area contributed by atoms with Crippen LogP contribution in [-0.2, 0) is 27.3 Å². The molecule has 0 heterocycles. The van der Waals surface area contributed by atoms with Gasteiger partial charge in [0.05, 0.1) is 13.2 Å². The van der Waals surface area contributed by atoms with Crippen molar-refractivity contribution in [3.63, 3.8) is 0 Å². The molecule has 0 aromatic heterocycles. The van der Waals surface area contributed by atoms with Crippen LogP contribution < -0.4 is 18.1 Å². The van der Waals surface area contributed by atoms with Gasteiger partial charge in [-0.3, -0.25) is 9.05 Å². The van der Waals surface area contributed by atoms with Crippen LogP contribution in [0.2, 0.25) is 0 Å². The van der Waals surface area contributed by atoms with Crippen molar-refractivity contribution in [1.82, 2.24) is 0 Å². The molecule has 4 aromatic rings. The topological polar surface area (TPSA) is 55.4 Å². The molecule has 0 saturated heterocycles. The fourth-order valence-corrected chi connectivity index (χ4v) is 12.2. The smallest absolute Gasteiger partial charge is 0.418 e. The average molecular weight is 1100 g/mol. The van der Waals surface area contributed by atoms with E-state index in [2.05, 4.69) is 139 Å². The van der Waals surface area contributed by atoms with Crippen LogP contribution in [0.15, 0.2) is 97.1 Å². The SMILES string of the molecule is CCCCCCCCCCCCOP(Oc1ccc(C(C)(C)c2ccc(OP(OCCCCCCCCCCCC)Oc3ccccc3CCCCCCCCC)cc2)cc1)Oc1ccccc1CCCCCCCCC. The first-order valence-corrected chi connectivity index (χ1v) is 34.0. The summed E-state index contributed by atoms with van der Waals surface area (Å²) >= 11 is 0. The molecule has 2 unspecified atom stereocenters. The third-order valence-electron chi connectivity index (χ3n) is 15.3. The lowest BCUT2D eigenvalue weighted by Crippen LogP contribution is -2.18. The molecule has 0 aliphatic rings. The Labute approximate surface area is 475 Å². The quantitative estimate of drug-likeness (QED) is 0.0324. The molecule has 0 amide bonds. The first-order chi connectivity index (χ1) is 37.9. The van der Waals surface area contributed by atoms with Crippen molar-refractivity contribution in [2.24, 2.45) is 0 Å². The molecule has 4 aromatic carbocycles. The van der Waals surface area contributed by atoms with Gasteiger partial charge in [-0.15, -0.1) is 0 Å². The molecule has 0 bridgehead atoms. The summed E-state index contributed by atoms with van der Waals surface area (Å²) in [5, 5.41) is 0. The van der Waals surface area contributed by atoms with E-state index < -0.39 is 17.2 Å². The molecule has 8 heteroatoms. The van der Waals surface area contributed by atoms with Crippen LogP contribution in [0.3, 0.4) is 0 Å². The third-order valence-corrected chi connectivity index (χ3v) is 17.5. The lowest BCUT2D eigenvalue weighted by atomic mass is 9.78. The lowest BCUT2D eigenvalue weighted by molar-refractivity contribution is 0.257. The van der Waals surface area contributed by atoms with Crippen molar-refractivity contribution in [3.05, 3.63) is 119 Å². The van der Waals surface area contributed by atoms with Crippen molar-refractivity contribution >= 4 is 17.2 Å². The molecule has 0 fully saturated rings. The van der Waals surface area contributed by atoms with Gasteiger partial charge in [0, 0.05) is 5.41 Å². The molecule has 432 valence electrons. The van der Waals surface area contributed by atoms with Crippen LogP contribution in [0.25, 0.3) is 0 Å². The Morgan fingerprint density at radius 2 is 0.571 bits per heavy atom. The summed E-state index contributed by atoms with van der Waals surface area (Å²) in [6, 6.07) is 34.0. The highest BCUT2D eigenvalue weighted by Crippen LogP contribution is 2.46. The normalized spacial score (nSPS) is 12.4. The molecule has 2 atom stereocenters.